The molecule has 1 saturated heterocycles. The minimum absolute atomic E-state index is 0.389. The number of sulfonamides is 1. The molecular weight excluding hydrogens is 320 g/mol. The lowest BCUT2D eigenvalue weighted by Crippen LogP contribution is -2.33. The van der Waals surface area contributed by atoms with Crippen LogP contribution in [-0.2, 0) is 16.6 Å². The fraction of sp³-hybridized carbons (Fsp3) is 0.636. The third-order valence-electron chi connectivity index (χ3n) is 2.72. The van der Waals surface area contributed by atoms with Crippen LogP contribution in [-0.4, -0.2) is 44.5 Å². The molecule has 1 fully saturated rings. The van der Waals surface area contributed by atoms with Crippen molar-refractivity contribution in [2.75, 3.05) is 30.9 Å². The van der Waals surface area contributed by atoms with Crippen molar-refractivity contribution < 1.29 is 8.42 Å². The van der Waals surface area contributed by atoms with E-state index in [0.717, 1.165) is 16.4 Å². The highest BCUT2D eigenvalue weighted by atomic mass is 32.2. The summed E-state index contributed by atoms with van der Waals surface area (Å²) in [7, 11) is -1.55. The summed E-state index contributed by atoms with van der Waals surface area (Å²) in [5.74, 6) is 3.31. The molecule has 2 heterocycles. The molecule has 19 heavy (non-hydrogen) atoms. The molecule has 0 amide bonds. The molecule has 0 bridgehead atoms. The Balaban J connectivity index is 1.98. The first-order valence-corrected chi connectivity index (χ1v) is 10.6. The smallest absolute Gasteiger partial charge is 0.241 e. The predicted octanol–water partition coefficient (Wildman–Crippen LogP) is 1.59. The van der Waals surface area contributed by atoms with Gasteiger partial charge in [0.25, 0.3) is 0 Å². The standard InChI is InChI=1S/C11H18N2O2S4/c1-12-7-10-11(2-3-18-10)19(14,15)13-6-9-8-16-4-5-17-9/h2-3,9,12-13H,4-8H2,1H3. The number of hydrogen-bond acceptors (Lipinski definition) is 6. The molecule has 0 spiro atoms. The SMILES string of the molecule is CNCc1sccc1S(=O)(=O)NCC1CSCCS1. The van der Waals surface area contributed by atoms with Gasteiger partial charge in [-0.2, -0.15) is 23.5 Å². The van der Waals surface area contributed by atoms with Crippen molar-refractivity contribution in [3.63, 3.8) is 0 Å². The van der Waals surface area contributed by atoms with Crippen LogP contribution in [0.3, 0.4) is 0 Å². The maximum atomic E-state index is 12.3. The number of hydrogen-bond donors (Lipinski definition) is 2. The molecule has 1 aliphatic heterocycles. The first-order valence-electron chi connectivity index (χ1n) is 6.03. The van der Waals surface area contributed by atoms with Crippen LogP contribution >= 0.6 is 34.9 Å². The van der Waals surface area contributed by atoms with E-state index in [0.29, 0.717) is 23.2 Å². The van der Waals surface area contributed by atoms with Gasteiger partial charge in [0.2, 0.25) is 10.0 Å². The van der Waals surface area contributed by atoms with Crippen LogP contribution < -0.4 is 10.0 Å². The monoisotopic (exact) mass is 338 g/mol. The number of thioether (sulfide) groups is 2. The quantitative estimate of drug-likeness (QED) is 0.825. The van der Waals surface area contributed by atoms with Gasteiger partial charge in [-0.25, -0.2) is 13.1 Å². The molecule has 1 unspecified atom stereocenters. The molecule has 0 aromatic carbocycles. The first kappa shape index (κ1) is 15.7. The van der Waals surface area contributed by atoms with Crippen LogP contribution in [0.4, 0.5) is 0 Å². The van der Waals surface area contributed by atoms with Gasteiger partial charge in [-0.15, -0.1) is 11.3 Å². The van der Waals surface area contributed by atoms with Gasteiger partial charge in [0.15, 0.2) is 0 Å². The van der Waals surface area contributed by atoms with Gasteiger partial charge in [0, 0.05) is 40.5 Å². The van der Waals surface area contributed by atoms with Gasteiger partial charge in [-0.1, -0.05) is 0 Å². The van der Waals surface area contributed by atoms with Gasteiger partial charge in [0.1, 0.15) is 0 Å². The zero-order valence-corrected chi connectivity index (χ0v) is 14.0. The summed E-state index contributed by atoms with van der Waals surface area (Å²) in [5.41, 5.74) is 0. The summed E-state index contributed by atoms with van der Waals surface area (Å²) in [5, 5.41) is 5.21. The van der Waals surface area contributed by atoms with Crippen molar-refractivity contribution in [1.29, 1.82) is 0 Å². The van der Waals surface area contributed by atoms with E-state index in [1.54, 1.807) is 6.07 Å². The van der Waals surface area contributed by atoms with Crippen molar-refractivity contribution in [1.82, 2.24) is 10.0 Å². The van der Waals surface area contributed by atoms with Crippen molar-refractivity contribution in [3.05, 3.63) is 16.3 Å². The molecule has 8 heteroatoms. The Labute approximate surface area is 127 Å². The van der Waals surface area contributed by atoms with Gasteiger partial charge in [0.05, 0.1) is 4.90 Å². The highest BCUT2D eigenvalue weighted by Gasteiger charge is 2.22. The third-order valence-corrected chi connectivity index (χ3v) is 8.12. The summed E-state index contributed by atoms with van der Waals surface area (Å²) in [6, 6.07) is 1.68. The maximum Gasteiger partial charge on any atom is 0.241 e. The van der Waals surface area contributed by atoms with E-state index in [9.17, 15) is 8.42 Å². The fourth-order valence-corrected chi connectivity index (χ4v) is 7.04. The Morgan fingerprint density at radius 3 is 2.95 bits per heavy atom. The zero-order valence-electron chi connectivity index (χ0n) is 10.7. The van der Waals surface area contributed by atoms with Crippen LogP contribution in [0.2, 0.25) is 0 Å². The Morgan fingerprint density at radius 1 is 1.42 bits per heavy atom. The van der Waals surface area contributed by atoms with Crippen LogP contribution in [0.25, 0.3) is 0 Å². The topological polar surface area (TPSA) is 58.2 Å². The second-order valence-electron chi connectivity index (χ2n) is 4.16. The highest BCUT2D eigenvalue weighted by molar-refractivity contribution is 8.06. The van der Waals surface area contributed by atoms with E-state index in [1.165, 1.54) is 17.1 Å². The largest absolute Gasteiger partial charge is 0.315 e. The van der Waals surface area contributed by atoms with Crippen LogP contribution in [0.5, 0.6) is 0 Å². The molecular formula is C11H18N2O2S4. The summed E-state index contributed by atoms with van der Waals surface area (Å²) >= 11 is 5.23. The molecule has 0 saturated carbocycles. The number of thiophene rings is 1. The van der Waals surface area contributed by atoms with Crippen molar-refractivity contribution in [2.24, 2.45) is 0 Å². The molecule has 2 rings (SSSR count). The summed E-state index contributed by atoms with van der Waals surface area (Å²) in [6.45, 7) is 1.11. The average molecular weight is 339 g/mol. The van der Waals surface area contributed by atoms with Gasteiger partial charge in [-0.3, -0.25) is 0 Å². The lowest BCUT2D eigenvalue weighted by Gasteiger charge is -2.21. The van der Waals surface area contributed by atoms with Crippen LogP contribution in [0, 0.1) is 0 Å². The fourth-order valence-electron chi connectivity index (χ4n) is 1.79. The minimum atomic E-state index is -3.37. The molecule has 2 N–H and O–H groups in total. The molecule has 1 aromatic rings. The van der Waals surface area contributed by atoms with E-state index in [-0.39, 0.29) is 0 Å². The van der Waals surface area contributed by atoms with Gasteiger partial charge < -0.3 is 5.32 Å². The molecule has 1 atom stereocenters. The average Bonchev–Trinajstić information content (AvgIpc) is 2.87. The highest BCUT2D eigenvalue weighted by Crippen LogP contribution is 2.25. The number of nitrogens with one attached hydrogen (secondary N) is 2. The van der Waals surface area contributed by atoms with E-state index < -0.39 is 10.0 Å². The van der Waals surface area contributed by atoms with Crippen LogP contribution in [0.15, 0.2) is 16.3 Å². The minimum Gasteiger partial charge on any atom is -0.315 e. The molecule has 108 valence electrons. The number of rotatable bonds is 6. The molecule has 0 aliphatic carbocycles. The van der Waals surface area contributed by atoms with E-state index in [2.05, 4.69) is 10.0 Å². The Bertz CT molecular complexity index is 495. The third kappa shape index (κ3) is 4.37. The van der Waals surface area contributed by atoms with E-state index in [4.69, 9.17) is 0 Å². The van der Waals surface area contributed by atoms with Crippen LogP contribution in [0.1, 0.15) is 4.88 Å². The maximum absolute atomic E-state index is 12.3. The molecule has 4 nitrogen and oxygen atoms in total. The molecule has 0 radical (unpaired) electrons. The van der Waals surface area contributed by atoms with Crippen molar-refractivity contribution in [2.45, 2.75) is 16.7 Å². The van der Waals surface area contributed by atoms with Crippen molar-refractivity contribution in [3.8, 4) is 0 Å². The Hall–Kier alpha value is 0.270. The Kier molecular flexibility index (Phi) is 6.04. The Morgan fingerprint density at radius 2 is 2.26 bits per heavy atom. The van der Waals surface area contributed by atoms with Gasteiger partial charge in [-0.05, 0) is 18.5 Å². The second-order valence-corrected chi connectivity index (χ2v) is 9.45. The first-order chi connectivity index (χ1) is 9.13. The molecule has 1 aliphatic rings. The molecule has 1 aromatic heterocycles. The summed E-state index contributed by atoms with van der Waals surface area (Å²) in [6.07, 6.45) is 0. The predicted molar refractivity (Wildman–Crippen MR) is 85.8 cm³/mol. The van der Waals surface area contributed by atoms with E-state index >= 15 is 0 Å². The van der Waals surface area contributed by atoms with Crippen molar-refractivity contribution >= 4 is 44.9 Å². The van der Waals surface area contributed by atoms with E-state index in [1.807, 2.05) is 36.0 Å². The summed E-state index contributed by atoms with van der Waals surface area (Å²) < 4.78 is 27.3. The summed E-state index contributed by atoms with van der Waals surface area (Å²) in [4.78, 5) is 1.28. The zero-order chi connectivity index (χ0) is 13.7. The lowest BCUT2D eigenvalue weighted by atomic mass is 10.5. The lowest BCUT2D eigenvalue weighted by molar-refractivity contribution is 0.580. The normalized spacial score (nSPS) is 20.6. The van der Waals surface area contributed by atoms with Gasteiger partial charge >= 0.3 is 0 Å². The second kappa shape index (κ2) is 7.33.